The van der Waals surface area contributed by atoms with Crippen LogP contribution in [0.15, 0.2) is 71.0 Å². The molecule has 0 aromatic heterocycles. The molecule has 0 saturated carbocycles. The molecule has 0 N–H and O–H groups in total. The highest BCUT2D eigenvalue weighted by atomic mass is 32.2. The number of rotatable bonds is 6. The second-order valence-corrected chi connectivity index (χ2v) is 10.1. The Morgan fingerprint density at radius 2 is 1.54 bits per heavy atom. The van der Waals surface area contributed by atoms with Gasteiger partial charge in [0.1, 0.15) is 0 Å². The maximum Gasteiger partial charge on any atom is 0.236 e. The lowest BCUT2D eigenvalue weighted by atomic mass is 10.2. The summed E-state index contributed by atoms with van der Waals surface area (Å²) in [6, 6.07) is 16.8. The Morgan fingerprint density at radius 3 is 2.19 bits per heavy atom. The van der Waals surface area contributed by atoms with Crippen LogP contribution in [0.5, 0.6) is 0 Å². The fraction of sp³-hybridized carbons (Fsp3) is 0.263. The van der Waals surface area contributed by atoms with Crippen molar-refractivity contribution in [1.82, 2.24) is 4.31 Å². The highest BCUT2D eigenvalue weighted by Crippen LogP contribution is 2.25. The van der Waals surface area contributed by atoms with Crippen molar-refractivity contribution >= 4 is 25.9 Å². The van der Waals surface area contributed by atoms with Crippen LogP contribution in [-0.4, -0.2) is 39.5 Å². The lowest BCUT2D eigenvalue weighted by Gasteiger charge is -2.22. The zero-order valence-corrected chi connectivity index (χ0v) is 15.9. The normalized spacial score (nSPS) is 19.2. The standard InChI is InChI=1S/C19H21NO4S2/c21-25(22,19-11-5-2-6-12-19)16-18-10-7-14-20(18)26(23,24)15-13-17-8-3-1-4-9-17/h1-6,8-9,11-13,15,18H,7,10,14,16H2. The molecule has 1 aliphatic rings. The van der Waals surface area contributed by atoms with E-state index >= 15 is 0 Å². The third kappa shape index (κ3) is 4.41. The molecule has 2 aromatic carbocycles. The van der Waals surface area contributed by atoms with E-state index in [0.29, 0.717) is 19.4 Å². The van der Waals surface area contributed by atoms with Gasteiger partial charge in [0, 0.05) is 18.0 Å². The van der Waals surface area contributed by atoms with Gasteiger partial charge < -0.3 is 0 Å². The molecule has 0 radical (unpaired) electrons. The van der Waals surface area contributed by atoms with Crippen LogP contribution >= 0.6 is 0 Å². The van der Waals surface area contributed by atoms with Crippen LogP contribution in [0.3, 0.4) is 0 Å². The topological polar surface area (TPSA) is 71.5 Å². The Balaban J connectivity index is 1.78. The van der Waals surface area contributed by atoms with E-state index in [-0.39, 0.29) is 10.6 Å². The van der Waals surface area contributed by atoms with Gasteiger partial charge in [0.15, 0.2) is 9.84 Å². The minimum Gasteiger partial charge on any atom is -0.224 e. The molecule has 1 fully saturated rings. The van der Waals surface area contributed by atoms with Crippen LogP contribution in [0.4, 0.5) is 0 Å². The Kier molecular flexibility index (Phi) is 5.60. The van der Waals surface area contributed by atoms with E-state index in [2.05, 4.69) is 0 Å². The Bertz CT molecular complexity index is 969. The molecule has 1 aliphatic heterocycles. The Morgan fingerprint density at radius 1 is 0.923 bits per heavy atom. The fourth-order valence-corrected chi connectivity index (χ4v) is 6.27. The van der Waals surface area contributed by atoms with Crippen LogP contribution < -0.4 is 0 Å². The molecule has 3 rings (SSSR count). The molecule has 0 amide bonds. The van der Waals surface area contributed by atoms with Crippen molar-refractivity contribution < 1.29 is 16.8 Å². The second kappa shape index (κ2) is 7.73. The molecular formula is C19H21NO4S2. The number of nitrogens with zero attached hydrogens (tertiary/aromatic N) is 1. The first-order valence-electron chi connectivity index (χ1n) is 8.41. The first-order chi connectivity index (χ1) is 12.4. The van der Waals surface area contributed by atoms with E-state index in [1.165, 1.54) is 10.4 Å². The second-order valence-electron chi connectivity index (χ2n) is 6.26. The van der Waals surface area contributed by atoms with Crippen LogP contribution in [0, 0.1) is 0 Å². The third-order valence-electron chi connectivity index (χ3n) is 4.40. The van der Waals surface area contributed by atoms with E-state index in [4.69, 9.17) is 0 Å². The summed E-state index contributed by atoms with van der Waals surface area (Å²) in [6.45, 7) is 0.344. The van der Waals surface area contributed by atoms with Crippen molar-refractivity contribution in [3.8, 4) is 0 Å². The third-order valence-corrected chi connectivity index (χ3v) is 7.82. The van der Waals surface area contributed by atoms with Crippen molar-refractivity contribution in [2.45, 2.75) is 23.8 Å². The van der Waals surface area contributed by atoms with E-state index in [9.17, 15) is 16.8 Å². The minimum absolute atomic E-state index is 0.199. The molecule has 2 aromatic rings. The lowest BCUT2D eigenvalue weighted by molar-refractivity contribution is 0.414. The summed E-state index contributed by atoms with van der Waals surface area (Å²) < 4.78 is 51.9. The summed E-state index contributed by atoms with van der Waals surface area (Å²) in [5, 5.41) is 1.16. The van der Waals surface area contributed by atoms with Gasteiger partial charge in [0.25, 0.3) is 0 Å². The van der Waals surface area contributed by atoms with Gasteiger partial charge in [-0.15, -0.1) is 0 Å². The molecule has 138 valence electrons. The first kappa shape index (κ1) is 18.8. The Labute approximate surface area is 154 Å². The molecule has 0 bridgehead atoms. The van der Waals surface area contributed by atoms with Gasteiger partial charge in [-0.3, -0.25) is 0 Å². The molecule has 7 heteroatoms. The highest BCUT2D eigenvalue weighted by molar-refractivity contribution is 7.92. The van der Waals surface area contributed by atoms with Crippen LogP contribution in [0.25, 0.3) is 6.08 Å². The molecule has 1 heterocycles. The van der Waals surface area contributed by atoms with Gasteiger partial charge in [-0.1, -0.05) is 48.5 Å². The van der Waals surface area contributed by atoms with E-state index < -0.39 is 25.9 Å². The van der Waals surface area contributed by atoms with Crippen molar-refractivity contribution in [1.29, 1.82) is 0 Å². The lowest BCUT2D eigenvalue weighted by Crippen LogP contribution is -2.38. The number of hydrogen-bond acceptors (Lipinski definition) is 4. The maximum absolute atomic E-state index is 12.7. The zero-order chi connectivity index (χ0) is 18.6. The quantitative estimate of drug-likeness (QED) is 0.759. The van der Waals surface area contributed by atoms with Crippen molar-refractivity contribution in [3.63, 3.8) is 0 Å². The Hall–Kier alpha value is -1.96. The predicted molar refractivity (Wildman–Crippen MR) is 103 cm³/mol. The molecule has 0 aliphatic carbocycles. The SMILES string of the molecule is O=S(=O)(CC1CCCN1S(=O)(=O)C=Cc1ccccc1)c1ccccc1. The summed E-state index contributed by atoms with van der Waals surface area (Å²) in [5.41, 5.74) is 0.781. The zero-order valence-electron chi connectivity index (χ0n) is 14.2. The first-order valence-corrected chi connectivity index (χ1v) is 11.6. The molecule has 1 unspecified atom stereocenters. The molecule has 26 heavy (non-hydrogen) atoms. The predicted octanol–water partition coefficient (Wildman–Crippen LogP) is 2.93. The molecule has 1 saturated heterocycles. The van der Waals surface area contributed by atoms with Crippen molar-refractivity contribution in [2.75, 3.05) is 12.3 Å². The summed E-state index contributed by atoms with van der Waals surface area (Å²) >= 11 is 0. The summed E-state index contributed by atoms with van der Waals surface area (Å²) in [5.74, 6) is -0.199. The number of sulfonamides is 1. The van der Waals surface area contributed by atoms with Gasteiger partial charge in [-0.25, -0.2) is 16.8 Å². The van der Waals surface area contributed by atoms with Crippen molar-refractivity contribution in [3.05, 3.63) is 71.6 Å². The number of sulfone groups is 1. The summed E-state index contributed by atoms with van der Waals surface area (Å²) in [6.07, 6.45) is 2.74. The molecule has 5 nitrogen and oxygen atoms in total. The van der Waals surface area contributed by atoms with Crippen molar-refractivity contribution in [2.24, 2.45) is 0 Å². The van der Waals surface area contributed by atoms with E-state index in [1.54, 1.807) is 30.3 Å². The average molecular weight is 392 g/mol. The van der Waals surface area contributed by atoms with Crippen LogP contribution in [0.2, 0.25) is 0 Å². The van der Waals surface area contributed by atoms with Gasteiger partial charge in [-0.05, 0) is 36.6 Å². The molecule has 1 atom stereocenters. The van der Waals surface area contributed by atoms with Crippen LogP contribution in [0.1, 0.15) is 18.4 Å². The van der Waals surface area contributed by atoms with Gasteiger partial charge >= 0.3 is 0 Å². The smallest absolute Gasteiger partial charge is 0.224 e. The molecular weight excluding hydrogens is 370 g/mol. The summed E-state index contributed by atoms with van der Waals surface area (Å²) in [4.78, 5) is 0.226. The molecule has 0 spiro atoms. The number of hydrogen-bond donors (Lipinski definition) is 0. The highest BCUT2D eigenvalue weighted by Gasteiger charge is 2.36. The van der Waals surface area contributed by atoms with Crippen LogP contribution in [-0.2, 0) is 19.9 Å². The van der Waals surface area contributed by atoms with Gasteiger partial charge in [0.05, 0.1) is 10.6 Å². The monoisotopic (exact) mass is 391 g/mol. The minimum atomic E-state index is -3.67. The fourth-order valence-electron chi connectivity index (χ4n) is 3.10. The summed E-state index contributed by atoms with van der Waals surface area (Å²) in [7, 11) is -7.21. The van der Waals surface area contributed by atoms with Gasteiger partial charge in [-0.2, -0.15) is 4.31 Å². The van der Waals surface area contributed by atoms with E-state index in [0.717, 1.165) is 11.0 Å². The maximum atomic E-state index is 12.7. The largest absolute Gasteiger partial charge is 0.236 e. The number of benzene rings is 2. The van der Waals surface area contributed by atoms with Gasteiger partial charge in [0.2, 0.25) is 10.0 Å². The average Bonchev–Trinajstić information content (AvgIpc) is 3.10. The van der Waals surface area contributed by atoms with E-state index in [1.807, 2.05) is 30.3 Å².